The Morgan fingerprint density at radius 3 is 2.00 bits per heavy atom. The second-order valence-electron chi connectivity index (χ2n) is 8.12. The van der Waals surface area contributed by atoms with E-state index in [0.717, 1.165) is 4.90 Å². The van der Waals surface area contributed by atoms with Gasteiger partial charge in [-0.05, 0) is 18.6 Å². The lowest BCUT2D eigenvalue weighted by molar-refractivity contribution is -0.136. The highest BCUT2D eigenvalue weighted by Crippen LogP contribution is 2.33. The summed E-state index contributed by atoms with van der Waals surface area (Å²) in [5.74, 6) is -2.08. The van der Waals surface area contributed by atoms with Gasteiger partial charge in [0.25, 0.3) is 11.8 Å². The Morgan fingerprint density at radius 2 is 1.46 bits per heavy atom. The minimum atomic E-state index is -1.03. The van der Waals surface area contributed by atoms with E-state index < -0.39 is 29.7 Å². The van der Waals surface area contributed by atoms with Crippen molar-refractivity contribution in [3.63, 3.8) is 0 Å². The number of hydrogen-bond donors (Lipinski definition) is 1. The SMILES string of the molecule is C=CC=C.CC.CCC.O=CCOCCOCCOCCOc1cccc2c1C(=O)N(C1CCC(=O)NC1=O)C2=O. The first-order valence-electron chi connectivity index (χ1n) is 13.7. The lowest BCUT2D eigenvalue weighted by Crippen LogP contribution is -2.54. The number of imide groups is 2. The number of carbonyl (C=O) groups excluding carboxylic acids is 5. The molecule has 0 aromatic heterocycles. The van der Waals surface area contributed by atoms with E-state index in [1.165, 1.54) is 12.5 Å². The lowest BCUT2D eigenvalue weighted by Gasteiger charge is -2.27. The number of fused-ring (bicyclic) bond motifs is 1. The molecule has 1 aromatic rings. The molecule has 2 aliphatic heterocycles. The van der Waals surface area contributed by atoms with Crippen molar-refractivity contribution in [2.24, 2.45) is 0 Å². The average molecular weight is 577 g/mol. The monoisotopic (exact) mass is 576 g/mol. The summed E-state index contributed by atoms with van der Waals surface area (Å²) < 4.78 is 21.3. The molecule has 11 nitrogen and oxygen atoms in total. The first-order valence-corrected chi connectivity index (χ1v) is 13.7. The number of rotatable bonds is 14. The number of piperidine rings is 1. The summed E-state index contributed by atoms with van der Waals surface area (Å²) in [5, 5.41) is 2.16. The van der Waals surface area contributed by atoms with Crippen LogP contribution in [0.5, 0.6) is 5.75 Å². The number of hydrogen-bond acceptors (Lipinski definition) is 9. The van der Waals surface area contributed by atoms with Crippen LogP contribution in [0.25, 0.3) is 0 Å². The summed E-state index contributed by atoms with van der Waals surface area (Å²) in [7, 11) is 0. The summed E-state index contributed by atoms with van der Waals surface area (Å²) >= 11 is 0. The van der Waals surface area contributed by atoms with Gasteiger partial charge in [-0.2, -0.15) is 0 Å². The molecule has 2 heterocycles. The third-order valence-corrected chi connectivity index (χ3v) is 5.01. The van der Waals surface area contributed by atoms with Crippen LogP contribution in [0, 0.1) is 0 Å². The second kappa shape index (κ2) is 23.1. The van der Waals surface area contributed by atoms with Gasteiger partial charge in [0.2, 0.25) is 11.8 Å². The molecule has 2 aliphatic rings. The molecule has 228 valence electrons. The highest BCUT2D eigenvalue weighted by atomic mass is 16.6. The van der Waals surface area contributed by atoms with E-state index in [1.54, 1.807) is 24.3 Å². The second-order valence-corrected chi connectivity index (χ2v) is 8.12. The van der Waals surface area contributed by atoms with E-state index in [2.05, 4.69) is 32.3 Å². The zero-order valence-electron chi connectivity index (χ0n) is 24.6. The van der Waals surface area contributed by atoms with Crippen LogP contribution in [0.15, 0.2) is 43.5 Å². The van der Waals surface area contributed by atoms with Crippen LogP contribution in [0.1, 0.15) is 67.7 Å². The van der Waals surface area contributed by atoms with Gasteiger partial charge < -0.3 is 23.7 Å². The van der Waals surface area contributed by atoms with Crippen LogP contribution in [0.2, 0.25) is 0 Å². The fraction of sp³-hybridized carbons (Fsp3) is 0.500. The Hall–Kier alpha value is -3.67. The molecule has 0 bridgehead atoms. The molecule has 41 heavy (non-hydrogen) atoms. The number of benzene rings is 1. The fourth-order valence-electron chi connectivity index (χ4n) is 3.39. The molecule has 3 rings (SSSR count). The Kier molecular flexibility index (Phi) is 21.0. The van der Waals surface area contributed by atoms with Gasteiger partial charge in [0.1, 0.15) is 31.3 Å². The van der Waals surface area contributed by atoms with Crippen molar-refractivity contribution < 1.29 is 42.9 Å². The number of amides is 4. The fourth-order valence-corrected chi connectivity index (χ4v) is 3.39. The normalized spacial score (nSPS) is 15.1. The zero-order valence-corrected chi connectivity index (χ0v) is 24.6. The lowest BCUT2D eigenvalue weighted by atomic mass is 10.0. The predicted molar refractivity (Wildman–Crippen MR) is 155 cm³/mol. The van der Waals surface area contributed by atoms with Gasteiger partial charge in [-0.3, -0.25) is 29.4 Å². The smallest absolute Gasteiger partial charge is 0.266 e. The highest BCUT2D eigenvalue weighted by Gasteiger charge is 2.45. The first kappa shape index (κ1) is 37.3. The van der Waals surface area contributed by atoms with Crippen molar-refractivity contribution in [1.29, 1.82) is 0 Å². The largest absolute Gasteiger partial charge is 0.490 e. The Morgan fingerprint density at radius 1 is 0.902 bits per heavy atom. The molecular formula is C30H44N2O9. The number of ether oxygens (including phenoxy) is 4. The Labute approximate surface area is 242 Å². The minimum absolute atomic E-state index is 0.0414. The van der Waals surface area contributed by atoms with Crippen LogP contribution < -0.4 is 10.1 Å². The van der Waals surface area contributed by atoms with Gasteiger partial charge in [-0.25, -0.2) is 0 Å². The number of allylic oxidation sites excluding steroid dienone is 2. The van der Waals surface area contributed by atoms with E-state index in [1.807, 2.05) is 13.8 Å². The Balaban J connectivity index is 0.00000157. The number of carbonyl (C=O) groups is 5. The summed E-state index contributed by atoms with van der Waals surface area (Å²) in [6.45, 7) is 16.7. The van der Waals surface area contributed by atoms with Crippen molar-refractivity contribution >= 4 is 29.9 Å². The van der Waals surface area contributed by atoms with E-state index in [-0.39, 0.29) is 49.5 Å². The van der Waals surface area contributed by atoms with Crippen LogP contribution >= 0.6 is 0 Å². The van der Waals surface area contributed by atoms with E-state index in [9.17, 15) is 24.0 Å². The topological polar surface area (TPSA) is 138 Å². The molecule has 4 amide bonds. The standard InChI is InChI=1S/C21H24N2O9.C4H6.C3H8.C2H6/c24-6-7-29-8-9-30-10-11-31-12-13-32-16-3-1-2-14-18(16)21(28)23(20(14)27)15-4-5-17(25)22-19(15)26;1-3-4-2;1-3-2;1-2/h1-3,6,15H,4-5,7-13H2,(H,22,25,26);3-4H,1-2H2;3H2,1-2H3;1-2H3. The number of nitrogens with one attached hydrogen (secondary N) is 1. The number of aldehydes is 1. The molecule has 1 atom stereocenters. The van der Waals surface area contributed by atoms with Crippen LogP contribution in [-0.4, -0.2) is 87.1 Å². The molecule has 11 heteroatoms. The van der Waals surface area contributed by atoms with Crippen molar-refractivity contribution in [3.05, 3.63) is 54.6 Å². The molecule has 0 radical (unpaired) electrons. The van der Waals surface area contributed by atoms with Crippen LogP contribution in [0.3, 0.4) is 0 Å². The highest BCUT2D eigenvalue weighted by molar-refractivity contribution is 6.24. The number of nitrogens with zero attached hydrogens (tertiary/aromatic N) is 1. The van der Waals surface area contributed by atoms with Gasteiger partial charge in [-0.1, -0.05) is 65.5 Å². The minimum Gasteiger partial charge on any atom is -0.490 e. The van der Waals surface area contributed by atoms with E-state index in [0.29, 0.717) is 32.7 Å². The molecule has 1 aromatic carbocycles. The quantitative estimate of drug-likeness (QED) is 0.153. The summed E-state index contributed by atoms with van der Waals surface area (Å²) in [6, 6.07) is 3.64. The molecule has 1 fully saturated rings. The summed E-state index contributed by atoms with van der Waals surface area (Å²) in [4.78, 5) is 60.2. The molecule has 0 saturated carbocycles. The van der Waals surface area contributed by atoms with Crippen molar-refractivity contribution in [1.82, 2.24) is 10.2 Å². The van der Waals surface area contributed by atoms with E-state index >= 15 is 0 Å². The van der Waals surface area contributed by atoms with Gasteiger partial charge in [0, 0.05) is 6.42 Å². The predicted octanol–water partition coefficient (Wildman–Crippen LogP) is 3.52. The average Bonchev–Trinajstić information content (AvgIpc) is 3.23. The maximum Gasteiger partial charge on any atom is 0.266 e. The van der Waals surface area contributed by atoms with Gasteiger partial charge in [-0.15, -0.1) is 0 Å². The molecular weight excluding hydrogens is 532 g/mol. The van der Waals surface area contributed by atoms with Crippen LogP contribution in [-0.2, 0) is 28.6 Å². The Bertz CT molecular complexity index is 988. The zero-order chi connectivity index (χ0) is 31.0. The van der Waals surface area contributed by atoms with Crippen molar-refractivity contribution in [2.75, 3.05) is 46.2 Å². The molecule has 1 N–H and O–H groups in total. The third kappa shape index (κ3) is 13.0. The summed E-state index contributed by atoms with van der Waals surface area (Å²) in [5.41, 5.74) is 0.254. The van der Waals surface area contributed by atoms with E-state index in [4.69, 9.17) is 18.9 Å². The maximum atomic E-state index is 12.9. The van der Waals surface area contributed by atoms with Crippen LogP contribution in [0.4, 0.5) is 0 Å². The van der Waals surface area contributed by atoms with Crippen molar-refractivity contribution in [2.45, 2.75) is 53.0 Å². The van der Waals surface area contributed by atoms with Gasteiger partial charge in [0.05, 0.1) is 44.2 Å². The molecule has 0 aliphatic carbocycles. The van der Waals surface area contributed by atoms with Gasteiger partial charge >= 0.3 is 0 Å². The molecule has 1 saturated heterocycles. The summed E-state index contributed by atoms with van der Waals surface area (Å²) in [6.07, 6.45) is 5.34. The molecule has 0 spiro atoms. The molecule has 1 unspecified atom stereocenters. The van der Waals surface area contributed by atoms with Crippen molar-refractivity contribution in [3.8, 4) is 5.75 Å². The van der Waals surface area contributed by atoms with Gasteiger partial charge in [0.15, 0.2) is 0 Å². The first-order chi connectivity index (χ1) is 19.9. The third-order valence-electron chi connectivity index (χ3n) is 5.01. The maximum absolute atomic E-state index is 12.9.